The van der Waals surface area contributed by atoms with Gasteiger partial charge < -0.3 is 15.4 Å². The van der Waals surface area contributed by atoms with Gasteiger partial charge in [0, 0.05) is 0 Å². The van der Waals surface area contributed by atoms with Crippen molar-refractivity contribution in [2.24, 2.45) is 0 Å². The minimum Gasteiger partial charge on any atom is -0.495 e. The van der Waals surface area contributed by atoms with E-state index in [1.54, 1.807) is 25.3 Å². The molecule has 2 N–H and O–H groups in total. The molecule has 0 spiro atoms. The maximum absolute atomic E-state index is 13.6. The predicted molar refractivity (Wildman–Crippen MR) is 92.7 cm³/mol. The molecule has 0 unspecified atom stereocenters. The van der Waals surface area contributed by atoms with Crippen molar-refractivity contribution >= 4 is 23.2 Å². The standard InChI is InChI=1S/C18H15FN4O2/c1-25-15-9-5-4-8-14(15)20-16-10-11-17(23-22-16)21-18(24)12-6-2-3-7-13(12)19/h2-11H,1H3,(H,20,22)(H,21,23,24). The molecule has 0 radical (unpaired) electrons. The van der Waals surface area contributed by atoms with Crippen molar-refractivity contribution in [3.63, 3.8) is 0 Å². The summed E-state index contributed by atoms with van der Waals surface area (Å²) in [5.74, 6) is 0.189. The molecule has 7 heteroatoms. The first-order chi connectivity index (χ1) is 12.2. The summed E-state index contributed by atoms with van der Waals surface area (Å²) in [5, 5.41) is 13.5. The van der Waals surface area contributed by atoms with Gasteiger partial charge in [-0.25, -0.2) is 4.39 Å². The third kappa shape index (κ3) is 3.89. The average Bonchev–Trinajstić information content (AvgIpc) is 2.64. The summed E-state index contributed by atoms with van der Waals surface area (Å²) in [7, 11) is 1.58. The van der Waals surface area contributed by atoms with Crippen molar-refractivity contribution in [1.29, 1.82) is 0 Å². The van der Waals surface area contributed by atoms with Crippen molar-refractivity contribution in [3.05, 3.63) is 72.0 Å². The smallest absolute Gasteiger partial charge is 0.259 e. The number of nitrogens with zero attached hydrogens (tertiary/aromatic N) is 2. The summed E-state index contributed by atoms with van der Waals surface area (Å²) in [5.41, 5.74) is 0.683. The molecule has 1 heterocycles. The fourth-order valence-corrected chi connectivity index (χ4v) is 2.18. The minimum absolute atomic E-state index is 0.0551. The number of halogens is 1. The molecular weight excluding hydrogens is 323 g/mol. The summed E-state index contributed by atoms with van der Waals surface area (Å²) in [6, 6.07) is 16.3. The van der Waals surface area contributed by atoms with Gasteiger partial charge in [0.05, 0.1) is 18.4 Å². The van der Waals surface area contributed by atoms with Gasteiger partial charge in [-0.2, -0.15) is 0 Å². The topological polar surface area (TPSA) is 76.1 Å². The maximum atomic E-state index is 13.6. The number of methoxy groups -OCH3 is 1. The Morgan fingerprint density at radius 1 is 0.960 bits per heavy atom. The predicted octanol–water partition coefficient (Wildman–Crippen LogP) is 3.62. The molecule has 0 aliphatic carbocycles. The molecule has 0 aliphatic rings. The molecule has 0 saturated heterocycles. The SMILES string of the molecule is COc1ccccc1Nc1ccc(NC(=O)c2ccccc2F)nn1. The van der Waals surface area contributed by atoms with Gasteiger partial charge in [0.25, 0.3) is 5.91 Å². The Morgan fingerprint density at radius 3 is 2.36 bits per heavy atom. The highest BCUT2D eigenvalue weighted by atomic mass is 19.1. The first-order valence-corrected chi connectivity index (χ1v) is 7.47. The Kier molecular flexibility index (Phi) is 4.84. The van der Waals surface area contributed by atoms with Crippen molar-refractivity contribution in [3.8, 4) is 5.75 Å². The van der Waals surface area contributed by atoms with E-state index in [1.807, 2.05) is 24.3 Å². The van der Waals surface area contributed by atoms with E-state index in [1.165, 1.54) is 18.2 Å². The lowest BCUT2D eigenvalue weighted by Crippen LogP contribution is -2.15. The molecule has 25 heavy (non-hydrogen) atoms. The molecule has 0 aliphatic heterocycles. The van der Waals surface area contributed by atoms with Crippen molar-refractivity contribution in [2.45, 2.75) is 0 Å². The summed E-state index contributed by atoms with van der Waals surface area (Å²) >= 11 is 0. The number of benzene rings is 2. The van der Waals surface area contributed by atoms with Crippen LogP contribution in [-0.4, -0.2) is 23.2 Å². The van der Waals surface area contributed by atoms with Crippen LogP contribution >= 0.6 is 0 Å². The van der Waals surface area contributed by atoms with Crippen LogP contribution in [-0.2, 0) is 0 Å². The van der Waals surface area contributed by atoms with Crippen LogP contribution in [0.25, 0.3) is 0 Å². The third-order valence-corrected chi connectivity index (χ3v) is 3.39. The van der Waals surface area contributed by atoms with E-state index >= 15 is 0 Å². The number of amides is 1. The summed E-state index contributed by atoms with van der Waals surface area (Å²) < 4.78 is 18.9. The minimum atomic E-state index is -0.595. The van der Waals surface area contributed by atoms with Gasteiger partial charge in [-0.15, -0.1) is 10.2 Å². The first-order valence-electron chi connectivity index (χ1n) is 7.47. The van der Waals surface area contributed by atoms with Gasteiger partial charge in [-0.05, 0) is 36.4 Å². The second-order valence-electron chi connectivity index (χ2n) is 5.06. The van der Waals surface area contributed by atoms with Crippen LogP contribution < -0.4 is 15.4 Å². The molecule has 0 bridgehead atoms. The Hall–Kier alpha value is -3.48. The zero-order valence-electron chi connectivity index (χ0n) is 13.4. The highest BCUT2D eigenvalue weighted by molar-refractivity contribution is 6.03. The monoisotopic (exact) mass is 338 g/mol. The molecule has 0 fully saturated rings. The number of carbonyl (C=O) groups excluding carboxylic acids is 1. The number of aromatic nitrogens is 2. The van der Waals surface area contributed by atoms with Gasteiger partial charge in [0.2, 0.25) is 0 Å². The number of rotatable bonds is 5. The van der Waals surface area contributed by atoms with Gasteiger partial charge in [-0.3, -0.25) is 4.79 Å². The molecule has 0 saturated carbocycles. The number of nitrogens with one attached hydrogen (secondary N) is 2. The van der Waals surface area contributed by atoms with Gasteiger partial charge in [0.1, 0.15) is 11.6 Å². The van der Waals surface area contributed by atoms with Crippen LogP contribution in [0.15, 0.2) is 60.7 Å². The molecule has 1 aromatic heterocycles. The fraction of sp³-hybridized carbons (Fsp3) is 0.0556. The quantitative estimate of drug-likeness (QED) is 0.743. The molecule has 6 nitrogen and oxygen atoms in total. The lowest BCUT2D eigenvalue weighted by molar-refractivity contribution is 0.102. The van der Waals surface area contributed by atoms with Crippen LogP contribution in [0.3, 0.4) is 0 Å². The first kappa shape index (κ1) is 16.4. The van der Waals surface area contributed by atoms with E-state index < -0.39 is 11.7 Å². The van der Waals surface area contributed by atoms with E-state index in [4.69, 9.17) is 4.74 Å². The van der Waals surface area contributed by atoms with E-state index in [0.717, 1.165) is 5.69 Å². The normalized spacial score (nSPS) is 10.2. The Bertz CT molecular complexity index is 884. The fourth-order valence-electron chi connectivity index (χ4n) is 2.18. The lowest BCUT2D eigenvalue weighted by Gasteiger charge is -2.10. The molecular formula is C18H15FN4O2. The van der Waals surface area contributed by atoms with E-state index in [-0.39, 0.29) is 11.4 Å². The van der Waals surface area contributed by atoms with Gasteiger partial charge >= 0.3 is 0 Å². The van der Waals surface area contributed by atoms with Crippen molar-refractivity contribution < 1.29 is 13.9 Å². The molecule has 2 aromatic carbocycles. The number of ether oxygens (including phenoxy) is 1. The Morgan fingerprint density at radius 2 is 1.64 bits per heavy atom. The van der Waals surface area contributed by atoms with Gasteiger partial charge in [0.15, 0.2) is 11.6 Å². The molecule has 3 rings (SSSR count). The van der Waals surface area contributed by atoms with Crippen molar-refractivity contribution in [1.82, 2.24) is 10.2 Å². The largest absolute Gasteiger partial charge is 0.495 e. The van der Waals surface area contributed by atoms with Crippen molar-refractivity contribution in [2.75, 3.05) is 17.7 Å². The second kappa shape index (κ2) is 7.39. The van der Waals surface area contributed by atoms with E-state index in [0.29, 0.717) is 11.6 Å². The molecule has 0 atom stereocenters. The summed E-state index contributed by atoms with van der Waals surface area (Å²) in [6.07, 6.45) is 0. The molecule has 126 valence electrons. The number of hydrogen-bond donors (Lipinski definition) is 2. The number of para-hydroxylation sites is 2. The van der Waals surface area contributed by atoms with Crippen LogP contribution in [0, 0.1) is 5.82 Å². The van der Waals surface area contributed by atoms with Crippen LogP contribution in [0.4, 0.5) is 21.7 Å². The van der Waals surface area contributed by atoms with Crippen LogP contribution in [0.2, 0.25) is 0 Å². The van der Waals surface area contributed by atoms with Crippen LogP contribution in [0.1, 0.15) is 10.4 Å². The molecule has 3 aromatic rings. The zero-order chi connectivity index (χ0) is 17.6. The van der Waals surface area contributed by atoms with E-state index in [9.17, 15) is 9.18 Å². The highest BCUT2D eigenvalue weighted by Crippen LogP contribution is 2.26. The van der Waals surface area contributed by atoms with Crippen LogP contribution in [0.5, 0.6) is 5.75 Å². The Balaban J connectivity index is 1.70. The number of anilines is 3. The summed E-state index contributed by atoms with van der Waals surface area (Å²) in [4.78, 5) is 12.0. The maximum Gasteiger partial charge on any atom is 0.259 e. The lowest BCUT2D eigenvalue weighted by atomic mass is 10.2. The zero-order valence-corrected chi connectivity index (χ0v) is 13.4. The van der Waals surface area contributed by atoms with E-state index in [2.05, 4.69) is 20.8 Å². The highest BCUT2D eigenvalue weighted by Gasteiger charge is 2.12. The molecule has 1 amide bonds. The average molecular weight is 338 g/mol. The number of hydrogen-bond acceptors (Lipinski definition) is 5. The Labute approximate surface area is 143 Å². The second-order valence-corrected chi connectivity index (χ2v) is 5.06. The third-order valence-electron chi connectivity index (χ3n) is 3.39. The summed E-state index contributed by atoms with van der Waals surface area (Å²) in [6.45, 7) is 0. The van der Waals surface area contributed by atoms with Gasteiger partial charge in [-0.1, -0.05) is 24.3 Å². The number of carbonyl (C=O) groups is 1.